The highest BCUT2D eigenvalue weighted by atomic mass is 32.1. The van der Waals surface area contributed by atoms with Gasteiger partial charge in [-0.3, -0.25) is 9.89 Å². The summed E-state index contributed by atoms with van der Waals surface area (Å²) in [7, 11) is 0. The molecule has 2 heterocycles. The van der Waals surface area contributed by atoms with E-state index in [2.05, 4.69) is 15.5 Å². The van der Waals surface area contributed by atoms with Crippen LogP contribution in [0.1, 0.15) is 10.4 Å². The summed E-state index contributed by atoms with van der Waals surface area (Å²) < 4.78 is 0. The predicted octanol–water partition coefficient (Wildman–Crippen LogP) is 3.00. The molecule has 2 N–H and O–H groups in total. The molecular weight excluding hydrogens is 282 g/mol. The van der Waals surface area contributed by atoms with Crippen molar-refractivity contribution in [1.29, 1.82) is 0 Å². The first kappa shape index (κ1) is 13.6. The number of rotatable bonds is 5. The lowest BCUT2D eigenvalue weighted by atomic mass is 10.1. The van der Waals surface area contributed by atoms with Crippen LogP contribution in [-0.4, -0.2) is 16.1 Å². The number of carbonyl (C=O) groups is 1. The fraction of sp³-hybridized carbons (Fsp3) is 0.125. The molecule has 3 rings (SSSR count). The Morgan fingerprint density at radius 1 is 1.19 bits per heavy atom. The number of hydrogen-bond acceptors (Lipinski definition) is 3. The molecule has 0 radical (unpaired) electrons. The second kappa shape index (κ2) is 6.37. The predicted molar refractivity (Wildman–Crippen MR) is 83.9 cm³/mol. The fourth-order valence-corrected chi connectivity index (χ4v) is 2.76. The summed E-state index contributed by atoms with van der Waals surface area (Å²) in [6.07, 6.45) is 2.18. The van der Waals surface area contributed by atoms with Gasteiger partial charge in [-0.2, -0.15) is 5.10 Å². The van der Waals surface area contributed by atoms with E-state index in [1.165, 1.54) is 0 Å². The Morgan fingerprint density at radius 3 is 2.71 bits per heavy atom. The van der Waals surface area contributed by atoms with Crippen molar-refractivity contribution in [2.45, 2.75) is 13.0 Å². The van der Waals surface area contributed by atoms with Gasteiger partial charge in [-0.1, -0.05) is 30.3 Å². The number of thiophene rings is 1. The number of hydrogen-bond donors (Lipinski definition) is 2. The van der Waals surface area contributed by atoms with E-state index < -0.39 is 0 Å². The third-order valence-corrected chi connectivity index (χ3v) is 4.05. The van der Waals surface area contributed by atoms with Gasteiger partial charge in [0, 0.05) is 17.6 Å². The first-order valence-corrected chi connectivity index (χ1v) is 7.57. The Labute approximate surface area is 126 Å². The lowest BCUT2D eigenvalue weighted by Gasteiger charge is -2.05. The molecule has 0 bridgehead atoms. The molecule has 0 fully saturated rings. The first-order chi connectivity index (χ1) is 10.3. The minimum absolute atomic E-state index is 0.0510. The van der Waals surface area contributed by atoms with Crippen LogP contribution in [0.2, 0.25) is 0 Å². The number of carbonyl (C=O) groups excluding carboxylic acids is 1. The second-order valence-electron chi connectivity index (χ2n) is 4.70. The van der Waals surface area contributed by atoms with E-state index in [-0.39, 0.29) is 5.91 Å². The molecule has 0 spiro atoms. The van der Waals surface area contributed by atoms with Crippen LogP contribution in [0.3, 0.4) is 0 Å². The molecule has 0 saturated heterocycles. The van der Waals surface area contributed by atoms with Crippen LogP contribution in [0.5, 0.6) is 0 Å². The monoisotopic (exact) mass is 297 g/mol. The molecule has 21 heavy (non-hydrogen) atoms. The maximum atomic E-state index is 11.8. The molecule has 0 saturated carbocycles. The van der Waals surface area contributed by atoms with Gasteiger partial charge in [0.15, 0.2) is 0 Å². The molecule has 0 aliphatic carbocycles. The number of H-pyrrole nitrogens is 1. The first-order valence-electron chi connectivity index (χ1n) is 6.69. The molecule has 0 aliphatic heterocycles. The van der Waals surface area contributed by atoms with Crippen LogP contribution < -0.4 is 5.32 Å². The summed E-state index contributed by atoms with van der Waals surface area (Å²) in [4.78, 5) is 12.9. The highest BCUT2D eigenvalue weighted by Crippen LogP contribution is 2.16. The van der Waals surface area contributed by atoms with Crippen molar-refractivity contribution in [2.75, 3.05) is 0 Å². The minimum Gasteiger partial charge on any atom is -0.352 e. The van der Waals surface area contributed by atoms with Crippen LogP contribution >= 0.6 is 11.3 Å². The van der Waals surface area contributed by atoms with Gasteiger partial charge in [0.1, 0.15) is 0 Å². The van der Waals surface area contributed by atoms with Gasteiger partial charge < -0.3 is 5.32 Å². The van der Waals surface area contributed by atoms with Crippen molar-refractivity contribution in [2.24, 2.45) is 0 Å². The molecule has 3 aromatic rings. The molecule has 106 valence electrons. The van der Waals surface area contributed by atoms with Crippen molar-refractivity contribution in [1.82, 2.24) is 15.5 Å². The summed E-state index contributed by atoms with van der Waals surface area (Å²) in [5, 5.41) is 11.8. The van der Waals surface area contributed by atoms with Crippen LogP contribution in [-0.2, 0) is 17.8 Å². The molecule has 1 aromatic carbocycles. The molecule has 4 nitrogen and oxygen atoms in total. The van der Waals surface area contributed by atoms with Gasteiger partial charge in [0.2, 0.25) is 5.91 Å². The number of benzene rings is 1. The SMILES string of the molecule is O=C(Cc1cccs1)NCc1ccc(-c2ccn[nH]2)cc1. The van der Waals surface area contributed by atoms with E-state index in [0.29, 0.717) is 13.0 Å². The maximum absolute atomic E-state index is 11.8. The summed E-state index contributed by atoms with van der Waals surface area (Å²) in [5.74, 6) is 0.0510. The van der Waals surface area contributed by atoms with E-state index >= 15 is 0 Å². The number of nitrogens with zero attached hydrogens (tertiary/aromatic N) is 1. The number of aromatic amines is 1. The van der Waals surface area contributed by atoms with Crippen molar-refractivity contribution in [3.8, 4) is 11.3 Å². The zero-order valence-electron chi connectivity index (χ0n) is 11.4. The van der Waals surface area contributed by atoms with Crippen molar-refractivity contribution >= 4 is 17.2 Å². The van der Waals surface area contributed by atoms with Gasteiger partial charge in [0.05, 0.1) is 12.1 Å². The Kier molecular flexibility index (Phi) is 4.12. The lowest BCUT2D eigenvalue weighted by molar-refractivity contribution is -0.120. The zero-order chi connectivity index (χ0) is 14.5. The second-order valence-corrected chi connectivity index (χ2v) is 5.73. The average Bonchev–Trinajstić information content (AvgIpc) is 3.19. The zero-order valence-corrected chi connectivity index (χ0v) is 12.2. The maximum Gasteiger partial charge on any atom is 0.225 e. The summed E-state index contributed by atoms with van der Waals surface area (Å²) in [6, 6.07) is 13.9. The normalized spacial score (nSPS) is 10.5. The third kappa shape index (κ3) is 3.58. The van der Waals surface area contributed by atoms with E-state index in [1.807, 2.05) is 47.8 Å². The van der Waals surface area contributed by atoms with E-state index in [9.17, 15) is 4.79 Å². The standard InChI is InChI=1S/C16H15N3OS/c20-16(10-14-2-1-9-21-14)17-11-12-3-5-13(6-4-12)15-7-8-18-19-15/h1-9H,10-11H2,(H,17,20)(H,18,19). The van der Waals surface area contributed by atoms with E-state index in [0.717, 1.165) is 21.7 Å². The topological polar surface area (TPSA) is 57.8 Å². The number of nitrogens with one attached hydrogen (secondary N) is 2. The van der Waals surface area contributed by atoms with E-state index in [1.54, 1.807) is 17.5 Å². The van der Waals surface area contributed by atoms with Crippen LogP contribution in [0.15, 0.2) is 54.0 Å². The molecular formula is C16H15N3OS. The van der Waals surface area contributed by atoms with Crippen molar-refractivity contribution < 1.29 is 4.79 Å². The molecule has 0 aliphatic rings. The molecule has 5 heteroatoms. The fourth-order valence-electron chi connectivity index (χ4n) is 2.05. The van der Waals surface area contributed by atoms with Crippen LogP contribution in [0.4, 0.5) is 0 Å². The highest BCUT2D eigenvalue weighted by molar-refractivity contribution is 7.10. The molecule has 0 atom stereocenters. The molecule has 1 amide bonds. The van der Waals surface area contributed by atoms with Gasteiger partial charge in [-0.05, 0) is 28.6 Å². The number of amides is 1. The van der Waals surface area contributed by atoms with Crippen LogP contribution in [0.25, 0.3) is 11.3 Å². The minimum atomic E-state index is 0.0510. The van der Waals surface area contributed by atoms with Gasteiger partial charge >= 0.3 is 0 Å². The quantitative estimate of drug-likeness (QED) is 0.760. The average molecular weight is 297 g/mol. The van der Waals surface area contributed by atoms with Crippen molar-refractivity contribution in [3.05, 3.63) is 64.5 Å². The number of aromatic nitrogens is 2. The third-order valence-electron chi connectivity index (χ3n) is 3.17. The molecule has 2 aromatic heterocycles. The Balaban J connectivity index is 1.55. The van der Waals surface area contributed by atoms with Crippen molar-refractivity contribution in [3.63, 3.8) is 0 Å². The van der Waals surface area contributed by atoms with Crippen LogP contribution in [0, 0.1) is 0 Å². The van der Waals surface area contributed by atoms with E-state index in [4.69, 9.17) is 0 Å². The smallest absolute Gasteiger partial charge is 0.225 e. The van der Waals surface area contributed by atoms with Gasteiger partial charge in [-0.25, -0.2) is 0 Å². The summed E-state index contributed by atoms with van der Waals surface area (Å²) in [5.41, 5.74) is 3.15. The highest BCUT2D eigenvalue weighted by Gasteiger charge is 2.04. The Bertz CT molecular complexity index is 688. The van der Waals surface area contributed by atoms with Gasteiger partial charge in [0.25, 0.3) is 0 Å². The summed E-state index contributed by atoms with van der Waals surface area (Å²) >= 11 is 1.60. The summed E-state index contributed by atoms with van der Waals surface area (Å²) in [6.45, 7) is 0.549. The molecule has 0 unspecified atom stereocenters. The lowest BCUT2D eigenvalue weighted by Crippen LogP contribution is -2.24. The Morgan fingerprint density at radius 2 is 2.05 bits per heavy atom. The Hall–Kier alpha value is -2.40. The van der Waals surface area contributed by atoms with Gasteiger partial charge in [-0.15, -0.1) is 11.3 Å². The largest absolute Gasteiger partial charge is 0.352 e.